The van der Waals surface area contributed by atoms with Crippen LogP contribution in [0.1, 0.15) is 46.1 Å². The van der Waals surface area contributed by atoms with E-state index in [0.29, 0.717) is 4.88 Å². The second-order valence-corrected chi connectivity index (χ2v) is 5.78. The number of aryl methyl sites for hydroxylation is 2. The monoisotopic (exact) mass is 254 g/mol. The Morgan fingerprint density at radius 3 is 2.71 bits per heavy atom. The lowest BCUT2D eigenvalue weighted by Crippen LogP contribution is -2.45. The fraction of sp³-hybridized carbons (Fsp3) is 0.667. The van der Waals surface area contributed by atoms with Gasteiger partial charge in [0.15, 0.2) is 0 Å². The molecular formula is C12H18N2O2S. The van der Waals surface area contributed by atoms with E-state index in [1.54, 1.807) is 0 Å². The highest BCUT2D eigenvalue weighted by atomic mass is 32.1. The zero-order valence-electron chi connectivity index (χ0n) is 10.2. The van der Waals surface area contributed by atoms with Gasteiger partial charge in [0.1, 0.15) is 4.88 Å². The SMILES string of the molecule is Cc1nc(C)c(C(=O)NC2CCCCC2O)s1. The van der Waals surface area contributed by atoms with Crippen LogP contribution in [0.2, 0.25) is 0 Å². The Balaban J connectivity index is 2.03. The Kier molecular flexibility index (Phi) is 3.79. The molecule has 1 aliphatic rings. The molecule has 1 aromatic heterocycles. The number of hydrogen-bond acceptors (Lipinski definition) is 4. The lowest BCUT2D eigenvalue weighted by molar-refractivity contribution is 0.0719. The second kappa shape index (κ2) is 5.14. The third kappa shape index (κ3) is 2.84. The molecule has 2 rings (SSSR count). The summed E-state index contributed by atoms with van der Waals surface area (Å²) in [5, 5.41) is 13.6. The van der Waals surface area contributed by atoms with Crippen molar-refractivity contribution in [2.75, 3.05) is 0 Å². The molecule has 1 aromatic rings. The molecule has 0 aromatic carbocycles. The van der Waals surface area contributed by atoms with E-state index in [-0.39, 0.29) is 11.9 Å². The van der Waals surface area contributed by atoms with Crippen LogP contribution in [0.3, 0.4) is 0 Å². The predicted octanol–water partition coefficient (Wildman–Crippen LogP) is 1.79. The van der Waals surface area contributed by atoms with E-state index in [4.69, 9.17) is 0 Å². The van der Waals surface area contributed by atoms with Crippen molar-refractivity contribution in [3.8, 4) is 0 Å². The first-order valence-electron chi connectivity index (χ1n) is 6.01. The van der Waals surface area contributed by atoms with Crippen molar-refractivity contribution in [1.29, 1.82) is 0 Å². The summed E-state index contributed by atoms with van der Waals surface area (Å²) in [4.78, 5) is 16.9. The van der Waals surface area contributed by atoms with E-state index < -0.39 is 6.10 Å². The van der Waals surface area contributed by atoms with Crippen LogP contribution >= 0.6 is 11.3 Å². The molecule has 0 radical (unpaired) electrons. The van der Waals surface area contributed by atoms with Gasteiger partial charge in [0.05, 0.1) is 22.8 Å². The van der Waals surface area contributed by atoms with Crippen LogP contribution in [-0.2, 0) is 0 Å². The number of aliphatic hydroxyl groups is 1. The van der Waals surface area contributed by atoms with Crippen molar-refractivity contribution in [3.05, 3.63) is 15.6 Å². The Labute approximate surface area is 105 Å². The molecule has 17 heavy (non-hydrogen) atoms. The average molecular weight is 254 g/mol. The molecule has 1 amide bonds. The smallest absolute Gasteiger partial charge is 0.263 e. The lowest BCUT2D eigenvalue weighted by Gasteiger charge is -2.28. The predicted molar refractivity (Wildman–Crippen MR) is 67.3 cm³/mol. The minimum Gasteiger partial charge on any atom is -0.391 e. The molecule has 94 valence electrons. The van der Waals surface area contributed by atoms with Crippen LogP contribution in [0, 0.1) is 13.8 Å². The van der Waals surface area contributed by atoms with Crippen molar-refractivity contribution in [3.63, 3.8) is 0 Å². The van der Waals surface area contributed by atoms with E-state index in [2.05, 4.69) is 10.3 Å². The normalized spacial score (nSPS) is 24.6. The van der Waals surface area contributed by atoms with Crippen LogP contribution in [0.4, 0.5) is 0 Å². The number of nitrogens with one attached hydrogen (secondary N) is 1. The molecule has 4 nitrogen and oxygen atoms in total. The zero-order chi connectivity index (χ0) is 12.4. The average Bonchev–Trinajstić information content (AvgIpc) is 2.61. The van der Waals surface area contributed by atoms with Gasteiger partial charge in [-0.3, -0.25) is 4.79 Å². The van der Waals surface area contributed by atoms with Crippen molar-refractivity contribution in [1.82, 2.24) is 10.3 Å². The highest BCUT2D eigenvalue weighted by Gasteiger charge is 2.26. The summed E-state index contributed by atoms with van der Waals surface area (Å²) >= 11 is 1.41. The van der Waals surface area contributed by atoms with Gasteiger partial charge in [-0.15, -0.1) is 11.3 Å². The van der Waals surface area contributed by atoms with Gasteiger partial charge in [-0.2, -0.15) is 0 Å². The standard InChI is InChI=1S/C12H18N2O2S/c1-7-11(17-8(2)13-7)12(16)14-9-5-3-4-6-10(9)15/h9-10,15H,3-6H2,1-2H3,(H,14,16). The van der Waals surface area contributed by atoms with Gasteiger partial charge in [0.25, 0.3) is 5.91 Å². The van der Waals surface area contributed by atoms with E-state index >= 15 is 0 Å². The topological polar surface area (TPSA) is 62.2 Å². The third-order valence-corrected chi connectivity index (χ3v) is 4.23. The largest absolute Gasteiger partial charge is 0.391 e. The summed E-state index contributed by atoms with van der Waals surface area (Å²) in [6, 6.07) is -0.0990. The molecule has 0 saturated heterocycles. The van der Waals surface area contributed by atoms with Gasteiger partial charge in [-0.1, -0.05) is 12.8 Å². The molecule has 2 atom stereocenters. The van der Waals surface area contributed by atoms with Gasteiger partial charge < -0.3 is 10.4 Å². The van der Waals surface area contributed by atoms with Crippen molar-refractivity contribution in [2.24, 2.45) is 0 Å². The molecule has 5 heteroatoms. The van der Waals surface area contributed by atoms with Gasteiger partial charge >= 0.3 is 0 Å². The van der Waals surface area contributed by atoms with Crippen molar-refractivity contribution in [2.45, 2.75) is 51.7 Å². The van der Waals surface area contributed by atoms with E-state index in [1.165, 1.54) is 11.3 Å². The quantitative estimate of drug-likeness (QED) is 0.846. The highest BCUT2D eigenvalue weighted by Crippen LogP contribution is 2.21. The lowest BCUT2D eigenvalue weighted by atomic mass is 9.92. The number of aromatic nitrogens is 1. The van der Waals surface area contributed by atoms with Crippen LogP contribution < -0.4 is 5.32 Å². The Morgan fingerprint density at radius 1 is 1.41 bits per heavy atom. The molecule has 0 bridgehead atoms. The molecule has 0 aliphatic heterocycles. The number of carbonyl (C=O) groups is 1. The summed E-state index contributed by atoms with van der Waals surface area (Å²) in [5.41, 5.74) is 0.773. The first kappa shape index (κ1) is 12.5. The number of hydrogen-bond donors (Lipinski definition) is 2. The maximum Gasteiger partial charge on any atom is 0.263 e. The number of aliphatic hydroxyl groups excluding tert-OH is 1. The van der Waals surface area contributed by atoms with Crippen LogP contribution in [0.15, 0.2) is 0 Å². The first-order chi connectivity index (χ1) is 8.08. The van der Waals surface area contributed by atoms with Gasteiger partial charge in [0.2, 0.25) is 0 Å². The van der Waals surface area contributed by atoms with Crippen LogP contribution in [-0.4, -0.2) is 28.1 Å². The number of thiazole rings is 1. The number of carbonyl (C=O) groups excluding carboxylic acids is 1. The number of amides is 1. The van der Waals surface area contributed by atoms with E-state index in [9.17, 15) is 9.90 Å². The first-order valence-corrected chi connectivity index (χ1v) is 6.82. The zero-order valence-corrected chi connectivity index (χ0v) is 11.0. The van der Waals surface area contributed by atoms with Gasteiger partial charge in [0, 0.05) is 0 Å². The fourth-order valence-electron chi connectivity index (χ4n) is 2.26. The Hall–Kier alpha value is -0.940. The molecule has 0 spiro atoms. The molecular weight excluding hydrogens is 236 g/mol. The summed E-state index contributed by atoms with van der Waals surface area (Å²) in [6.45, 7) is 3.74. The van der Waals surface area contributed by atoms with Crippen molar-refractivity contribution >= 4 is 17.2 Å². The summed E-state index contributed by atoms with van der Waals surface area (Å²) in [5.74, 6) is -0.0981. The van der Waals surface area contributed by atoms with Crippen molar-refractivity contribution < 1.29 is 9.90 Å². The second-order valence-electron chi connectivity index (χ2n) is 4.58. The van der Waals surface area contributed by atoms with E-state index in [0.717, 1.165) is 36.4 Å². The highest BCUT2D eigenvalue weighted by molar-refractivity contribution is 7.13. The summed E-state index contributed by atoms with van der Waals surface area (Å²) in [6.07, 6.45) is 3.37. The van der Waals surface area contributed by atoms with Crippen LogP contribution in [0.25, 0.3) is 0 Å². The maximum absolute atomic E-state index is 12.0. The minimum atomic E-state index is -0.401. The number of rotatable bonds is 2. The molecule has 1 saturated carbocycles. The Bertz CT molecular complexity index is 417. The molecule has 2 N–H and O–H groups in total. The maximum atomic E-state index is 12.0. The van der Waals surface area contributed by atoms with Gasteiger partial charge in [-0.25, -0.2) is 4.98 Å². The molecule has 1 heterocycles. The van der Waals surface area contributed by atoms with E-state index in [1.807, 2.05) is 13.8 Å². The fourth-order valence-corrected chi connectivity index (χ4v) is 3.08. The summed E-state index contributed by atoms with van der Waals surface area (Å²) in [7, 11) is 0. The molecule has 1 aliphatic carbocycles. The summed E-state index contributed by atoms with van der Waals surface area (Å²) < 4.78 is 0. The molecule has 1 fully saturated rings. The number of nitrogens with zero attached hydrogens (tertiary/aromatic N) is 1. The third-order valence-electron chi connectivity index (χ3n) is 3.16. The Morgan fingerprint density at radius 2 is 2.12 bits per heavy atom. The van der Waals surface area contributed by atoms with Gasteiger partial charge in [-0.05, 0) is 26.7 Å². The molecule has 2 unspecified atom stereocenters. The van der Waals surface area contributed by atoms with Crippen LogP contribution in [0.5, 0.6) is 0 Å². The minimum absolute atomic E-state index is 0.0981.